The van der Waals surface area contributed by atoms with E-state index in [4.69, 9.17) is 14.2 Å². The van der Waals surface area contributed by atoms with Crippen molar-refractivity contribution in [3.05, 3.63) is 59.2 Å². The molecule has 6 heteroatoms. The van der Waals surface area contributed by atoms with Gasteiger partial charge in [0.05, 0.1) is 5.56 Å². The zero-order chi connectivity index (χ0) is 19.9. The molecule has 3 rings (SSSR count). The van der Waals surface area contributed by atoms with Gasteiger partial charge < -0.3 is 19.1 Å². The Labute approximate surface area is 165 Å². The molecule has 0 saturated heterocycles. The van der Waals surface area contributed by atoms with Gasteiger partial charge in [-0.05, 0) is 48.7 Å². The van der Waals surface area contributed by atoms with Crippen LogP contribution in [0.3, 0.4) is 0 Å². The molecule has 2 aromatic rings. The molecule has 1 heterocycles. The van der Waals surface area contributed by atoms with E-state index >= 15 is 0 Å². The van der Waals surface area contributed by atoms with Crippen LogP contribution in [0.4, 0.5) is 0 Å². The van der Waals surface area contributed by atoms with Crippen molar-refractivity contribution in [2.45, 2.75) is 26.8 Å². The average molecular weight is 383 g/mol. The maximum Gasteiger partial charge on any atom is 0.338 e. The molecule has 1 aliphatic heterocycles. The van der Waals surface area contributed by atoms with Crippen molar-refractivity contribution >= 4 is 11.9 Å². The van der Waals surface area contributed by atoms with Crippen LogP contribution < -0.4 is 9.47 Å². The molecule has 0 aliphatic carbocycles. The number of carbonyl (C=O) groups excluding carboxylic acids is 2. The number of hydrogen-bond donors (Lipinski definition) is 0. The fraction of sp³-hybridized carbons (Fsp3) is 0.364. The van der Waals surface area contributed by atoms with E-state index in [1.165, 1.54) is 0 Å². The second kappa shape index (κ2) is 9.26. The van der Waals surface area contributed by atoms with Gasteiger partial charge in [-0.2, -0.15) is 0 Å². The third kappa shape index (κ3) is 4.82. The minimum absolute atomic E-state index is 0.240. The van der Waals surface area contributed by atoms with Gasteiger partial charge in [0.15, 0.2) is 18.1 Å². The first kappa shape index (κ1) is 19.7. The number of hydrogen-bond acceptors (Lipinski definition) is 5. The predicted octanol–water partition coefficient (Wildman–Crippen LogP) is 3.23. The number of esters is 1. The normalized spacial score (nSPS) is 12.4. The lowest BCUT2D eigenvalue weighted by molar-refractivity contribution is -0.134. The van der Waals surface area contributed by atoms with Crippen molar-refractivity contribution in [2.75, 3.05) is 26.4 Å². The molecule has 6 nitrogen and oxygen atoms in total. The lowest BCUT2D eigenvalue weighted by atomic mass is 10.1. The topological polar surface area (TPSA) is 65.1 Å². The second-order valence-corrected chi connectivity index (χ2v) is 6.51. The fourth-order valence-corrected chi connectivity index (χ4v) is 2.96. The maximum absolute atomic E-state index is 12.5. The second-order valence-electron chi connectivity index (χ2n) is 6.51. The molecule has 0 aromatic heterocycles. The molecule has 0 N–H and O–H groups in total. The summed E-state index contributed by atoms with van der Waals surface area (Å²) >= 11 is 0. The SMILES string of the molecule is CCc1ccc(C(=O)OCC(=O)N(CC)Cc2ccc3c(c2)OCCO3)cc1. The molecule has 2 aromatic carbocycles. The molecule has 0 unspecified atom stereocenters. The van der Waals surface area contributed by atoms with Crippen LogP contribution in [0.5, 0.6) is 11.5 Å². The highest BCUT2D eigenvalue weighted by Crippen LogP contribution is 2.31. The molecule has 28 heavy (non-hydrogen) atoms. The molecule has 0 atom stereocenters. The summed E-state index contributed by atoms with van der Waals surface area (Å²) < 4.78 is 16.3. The van der Waals surface area contributed by atoms with Gasteiger partial charge in [-0.15, -0.1) is 0 Å². The summed E-state index contributed by atoms with van der Waals surface area (Å²) in [5, 5.41) is 0. The predicted molar refractivity (Wildman–Crippen MR) is 105 cm³/mol. The highest BCUT2D eigenvalue weighted by atomic mass is 16.6. The summed E-state index contributed by atoms with van der Waals surface area (Å²) in [5.41, 5.74) is 2.52. The number of ether oxygens (including phenoxy) is 3. The minimum atomic E-state index is -0.494. The molecule has 0 spiro atoms. The standard InChI is InChI=1S/C22H25NO5/c1-3-16-5-8-18(9-6-16)22(25)28-15-21(24)23(4-2)14-17-7-10-19-20(13-17)27-12-11-26-19/h5-10,13H,3-4,11-12,14-15H2,1-2H3. The smallest absolute Gasteiger partial charge is 0.338 e. The highest BCUT2D eigenvalue weighted by Gasteiger charge is 2.18. The third-order valence-corrected chi connectivity index (χ3v) is 4.64. The Hall–Kier alpha value is -3.02. The van der Waals surface area contributed by atoms with Gasteiger partial charge in [-0.3, -0.25) is 4.79 Å². The zero-order valence-electron chi connectivity index (χ0n) is 16.3. The summed E-state index contributed by atoms with van der Waals surface area (Å²) in [6.07, 6.45) is 0.902. The van der Waals surface area contributed by atoms with Gasteiger partial charge in [0.25, 0.3) is 5.91 Å². The Balaban J connectivity index is 1.56. The highest BCUT2D eigenvalue weighted by molar-refractivity contribution is 5.91. The van der Waals surface area contributed by atoms with Crippen LogP contribution in [-0.2, 0) is 22.5 Å². The van der Waals surface area contributed by atoms with E-state index in [2.05, 4.69) is 0 Å². The first-order valence-corrected chi connectivity index (χ1v) is 9.53. The van der Waals surface area contributed by atoms with E-state index in [1.54, 1.807) is 17.0 Å². The van der Waals surface area contributed by atoms with Gasteiger partial charge in [0.2, 0.25) is 0 Å². The molecule has 1 aliphatic rings. The number of likely N-dealkylation sites (N-methyl/N-ethyl adjacent to an activating group) is 1. The third-order valence-electron chi connectivity index (χ3n) is 4.64. The van der Waals surface area contributed by atoms with Crippen LogP contribution >= 0.6 is 0 Å². The lowest BCUT2D eigenvalue weighted by Crippen LogP contribution is -2.34. The first-order chi connectivity index (χ1) is 13.6. The Morgan fingerprint density at radius 1 is 0.964 bits per heavy atom. The number of rotatable bonds is 7. The quantitative estimate of drug-likeness (QED) is 0.687. The van der Waals surface area contributed by atoms with Crippen molar-refractivity contribution in [3.63, 3.8) is 0 Å². The van der Waals surface area contributed by atoms with Crippen LogP contribution in [0.15, 0.2) is 42.5 Å². The number of carbonyl (C=O) groups is 2. The number of benzene rings is 2. The molecule has 1 amide bonds. The van der Waals surface area contributed by atoms with Crippen LogP contribution in [0.25, 0.3) is 0 Å². The van der Waals surface area contributed by atoms with E-state index in [1.807, 2.05) is 44.2 Å². The van der Waals surface area contributed by atoms with Crippen LogP contribution in [0.1, 0.15) is 35.3 Å². The lowest BCUT2D eigenvalue weighted by Gasteiger charge is -2.23. The molecule has 0 bridgehead atoms. The average Bonchev–Trinajstić information content (AvgIpc) is 2.75. The van der Waals surface area contributed by atoms with E-state index in [0.29, 0.717) is 43.4 Å². The first-order valence-electron chi connectivity index (χ1n) is 9.53. The summed E-state index contributed by atoms with van der Waals surface area (Å²) in [5.74, 6) is 0.670. The van der Waals surface area contributed by atoms with Gasteiger partial charge in [0, 0.05) is 13.1 Å². The molecule has 0 radical (unpaired) electrons. The van der Waals surface area contributed by atoms with Crippen molar-refractivity contribution in [2.24, 2.45) is 0 Å². The zero-order valence-corrected chi connectivity index (χ0v) is 16.3. The summed E-state index contributed by atoms with van der Waals surface area (Å²) in [6.45, 7) is 5.63. The number of fused-ring (bicyclic) bond motifs is 1. The Morgan fingerprint density at radius 2 is 1.64 bits per heavy atom. The Kier molecular flexibility index (Phi) is 6.53. The molecule has 148 valence electrons. The van der Waals surface area contributed by atoms with Crippen molar-refractivity contribution < 1.29 is 23.8 Å². The molecule has 0 saturated carbocycles. The van der Waals surface area contributed by atoms with Crippen molar-refractivity contribution in [1.82, 2.24) is 4.90 Å². The van der Waals surface area contributed by atoms with Crippen LogP contribution in [0, 0.1) is 0 Å². The number of aryl methyl sites for hydroxylation is 1. The minimum Gasteiger partial charge on any atom is -0.486 e. The number of nitrogens with zero attached hydrogens (tertiary/aromatic N) is 1. The van der Waals surface area contributed by atoms with E-state index < -0.39 is 5.97 Å². The van der Waals surface area contributed by atoms with Gasteiger partial charge >= 0.3 is 5.97 Å². The van der Waals surface area contributed by atoms with Crippen LogP contribution in [0.2, 0.25) is 0 Å². The van der Waals surface area contributed by atoms with Crippen LogP contribution in [-0.4, -0.2) is 43.1 Å². The van der Waals surface area contributed by atoms with Gasteiger partial charge in [-0.25, -0.2) is 4.79 Å². The summed E-state index contributed by atoms with van der Waals surface area (Å²) in [6, 6.07) is 12.9. The van der Waals surface area contributed by atoms with Crippen molar-refractivity contribution in [1.29, 1.82) is 0 Å². The van der Waals surface area contributed by atoms with E-state index in [9.17, 15) is 9.59 Å². The number of amides is 1. The van der Waals surface area contributed by atoms with Crippen molar-refractivity contribution in [3.8, 4) is 11.5 Å². The van der Waals surface area contributed by atoms with E-state index in [-0.39, 0.29) is 12.5 Å². The molecular weight excluding hydrogens is 358 g/mol. The molecule has 0 fully saturated rings. The molecular formula is C22H25NO5. The maximum atomic E-state index is 12.5. The van der Waals surface area contributed by atoms with Gasteiger partial charge in [0.1, 0.15) is 13.2 Å². The monoisotopic (exact) mass is 383 g/mol. The fourth-order valence-electron chi connectivity index (χ4n) is 2.96. The van der Waals surface area contributed by atoms with E-state index in [0.717, 1.165) is 17.5 Å². The Morgan fingerprint density at radius 3 is 2.32 bits per heavy atom. The summed E-state index contributed by atoms with van der Waals surface area (Å²) in [4.78, 5) is 26.3. The largest absolute Gasteiger partial charge is 0.486 e. The Bertz CT molecular complexity index is 831. The van der Waals surface area contributed by atoms with Gasteiger partial charge in [-0.1, -0.05) is 25.1 Å². The summed E-state index contributed by atoms with van der Waals surface area (Å²) in [7, 11) is 0.